The van der Waals surface area contributed by atoms with Gasteiger partial charge in [0.05, 0.1) is 36.5 Å². The van der Waals surface area contributed by atoms with Crippen molar-refractivity contribution in [2.45, 2.75) is 26.1 Å². The molecule has 3 rings (SSSR count). The third-order valence-electron chi connectivity index (χ3n) is 5.38. The number of esters is 1. The molecule has 0 radical (unpaired) electrons. The van der Waals surface area contributed by atoms with E-state index in [9.17, 15) is 29.9 Å². The molecule has 0 fully saturated rings. The third-order valence-corrected chi connectivity index (χ3v) is 5.60. The van der Waals surface area contributed by atoms with Gasteiger partial charge in [-0.2, -0.15) is 5.10 Å². The van der Waals surface area contributed by atoms with Gasteiger partial charge in [-0.15, -0.1) is 0 Å². The summed E-state index contributed by atoms with van der Waals surface area (Å²) < 4.78 is 16.2. The fourth-order valence-corrected chi connectivity index (χ4v) is 3.88. The van der Waals surface area contributed by atoms with Crippen LogP contribution in [0.15, 0.2) is 46.7 Å². The molecule has 208 valence electrons. The minimum atomic E-state index is -1.33. The average molecular weight is 564 g/mol. The number of halogens is 1. The fraction of sp³-hybridized carbons (Fsp3) is 0.292. The Bertz CT molecular complexity index is 1330. The summed E-state index contributed by atoms with van der Waals surface area (Å²) in [4.78, 5) is 34.7. The number of nitro benzene ring substituents is 1. The molecule has 2 atom stereocenters. The number of carbonyl (C=O) groups excluding carboxylic acids is 2. The van der Waals surface area contributed by atoms with Crippen LogP contribution in [0.5, 0.6) is 17.2 Å². The molecule has 1 aliphatic rings. The topological polar surface area (TPSA) is 194 Å². The van der Waals surface area contributed by atoms with E-state index in [-0.39, 0.29) is 40.9 Å². The van der Waals surface area contributed by atoms with Crippen LogP contribution in [0.1, 0.15) is 31.0 Å². The summed E-state index contributed by atoms with van der Waals surface area (Å²) in [6.07, 6.45) is -0.272. The summed E-state index contributed by atoms with van der Waals surface area (Å²) in [6.45, 7) is 3.32. The van der Waals surface area contributed by atoms with E-state index in [1.54, 1.807) is 32.0 Å². The molecular formula is C24H26ClN5O9. The summed E-state index contributed by atoms with van der Waals surface area (Å²) in [5.41, 5.74) is 2.84. The number of nitrogens with zero attached hydrogens (tertiary/aromatic N) is 2. The van der Waals surface area contributed by atoms with E-state index in [4.69, 9.17) is 25.8 Å². The van der Waals surface area contributed by atoms with E-state index in [0.29, 0.717) is 11.3 Å². The number of ether oxygens (including phenoxy) is 3. The van der Waals surface area contributed by atoms with Crippen LogP contribution in [-0.4, -0.2) is 59.9 Å². The number of aliphatic hydroxyl groups is 1. The number of rotatable bonds is 11. The fourth-order valence-electron chi connectivity index (χ4n) is 3.66. The number of aromatic hydroxyl groups is 1. The van der Waals surface area contributed by atoms with Gasteiger partial charge >= 0.3 is 17.7 Å². The first-order chi connectivity index (χ1) is 18.5. The van der Waals surface area contributed by atoms with Crippen LogP contribution in [0, 0.1) is 10.1 Å². The van der Waals surface area contributed by atoms with Gasteiger partial charge < -0.3 is 35.1 Å². The zero-order valence-electron chi connectivity index (χ0n) is 21.1. The Morgan fingerprint density at radius 2 is 2.05 bits per heavy atom. The van der Waals surface area contributed by atoms with Crippen molar-refractivity contribution in [2.24, 2.45) is 5.10 Å². The number of hydrazone groups is 1. The first kappa shape index (κ1) is 29.0. The number of nitro groups is 1. The SMILES string of the molecule is CCOc1cc([C@H]2NC(=O)NC(C)=C2C(=O)OC)ccc1OC[C@H](O)N/N=C\c1cc(Cl)cc([N+](=O)[O-])c1O. The zero-order chi connectivity index (χ0) is 28.7. The maximum absolute atomic E-state index is 12.4. The van der Waals surface area contributed by atoms with E-state index < -0.39 is 40.6 Å². The summed E-state index contributed by atoms with van der Waals surface area (Å²) >= 11 is 5.84. The Morgan fingerprint density at radius 3 is 2.72 bits per heavy atom. The summed E-state index contributed by atoms with van der Waals surface area (Å²) in [7, 11) is 1.24. The van der Waals surface area contributed by atoms with Crippen molar-refractivity contribution < 1.29 is 38.9 Å². The van der Waals surface area contributed by atoms with Gasteiger partial charge in [-0.3, -0.25) is 15.5 Å². The first-order valence-corrected chi connectivity index (χ1v) is 11.8. The zero-order valence-corrected chi connectivity index (χ0v) is 21.8. The highest BCUT2D eigenvalue weighted by atomic mass is 35.5. The molecule has 0 unspecified atom stereocenters. The van der Waals surface area contributed by atoms with E-state index in [0.717, 1.165) is 12.3 Å². The number of hydrogen-bond donors (Lipinski definition) is 5. The molecule has 0 spiro atoms. The lowest BCUT2D eigenvalue weighted by molar-refractivity contribution is -0.385. The van der Waals surface area contributed by atoms with Crippen LogP contribution >= 0.6 is 11.6 Å². The number of allylic oxidation sites excluding steroid dienone is 1. The van der Waals surface area contributed by atoms with E-state index in [1.165, 1.54) is 13.2 Å². The molecule has 15 heteroatoms. The lowest BCUT2D eigenvalue weighted by Crippen LogP contribution is -2.45. The second-order valence-corrected chi connectivity index (χ2v) is 8.47. The Morgan fingerprint density at radius 1 is 1.31 bits per heavy atom. The minimum absolute atomic E-state index is 0.0187. The first-order valence-electron chi connectivity index (χ1n) is 11.4. The number of carbonyl (C=O) groups is 2. The highest BCUT2D eigenvalue weighted by Gasteiger charge is 2.32. The van der Waals surface area contributed by atoms with Gasteiger partial charge in [-0.25, -0.2) is 9.59 Å². The number of methoxy groups -OCH3 is 1. The normalized spacial score (nSPS) is 15.8. The predicted molar refractivity (Wildman–Crippen MR) is 139 cm³/mol. The Balaban J connectivity index is 1.72. The molecule has 5 N–H and O–H groups in total. The lowest BCUT2D eigenvalue weighted by atomic mass is 9.95. The summed E-state index contributed by atoms with van der Waals surface area (Å²) in [5.74, 6) is -0.697. The van der Waals surface area contributed by atoms with Gasteiger partial charge in [0.15, 0.2) is 17.7 Å². The molecule has 39 heavy (non-hydrogen) atoms. The van der Waals surface area contributed by atoms with Crippen LogP contribution in [0.4, 0.5) is 10.5 Å². The molecule has 0 saturated heterocycles. The van der Waals surface area contributed by atoms with Gasteiger partial charge in [0.25, 0.3) is 0 Å². The smallest absolute Gasteiger partial charge is 0.337 e. The summed E-state index contributed by atoms with van der Waals surface area (Å²) in [5, 5.41) is 40.3. The van der Waals surface area contributed by atoms with Gasteiger partial charge in [0.2, 0.25) is 5.75 Å². The maximum atomic E-state index is 12.4. The standard InChI is InChI=1S/C24H26ClN5O9/c1-4-38-18-8-13(21-20(23(33)37-3)12(2)27-24(34)28-21)5-6-17(18)39-11-19(31)29-26-10-14-7-15(25)9-16(22(14)32)30(35)36/h5-10,19,21,29,31-32H,4,11H2,1-3H3,(H2,27,28,34)/b26-10-/t19-,21+/m0/s1. The van der Waals surface area contributed by atoms with Crippen molar-refractivity contribution >= 4 is 35.5 Å². The number of nitrogens with one attached hydrogen (secondary N) is 3. The molecule has 1 aliphatic heterocycles. The molecule has 14 nitrogen and oxygen atoms in total. The van der Waals surface area contributed by atoms with E-state index >= 15 is 0 Å². The van der Waals surface area contributed by atoms with Crippen LogP contribution in [0.2, 0.25) is 5.02 Å². The molecule has 0 saturated carbocycles. The molecule has 2 aromatic rings. The van der Waals surface area contributed by atoms with Crippen molar-refractivity contribution in [2.75, 3.05) is 20.3 Å². The molecule has 0 bridgehead atoms. The highest BCUT2D eigenvalue weighted by molar-refractivity contribution is 6.31. The van der Waals surface area contributed by atoms with Gasteiger partial charge in [-0.1, -0.05) is 17.7 Å². The largest absolute Gasteiger partial charge is 0.502 e. The minimum Gasteiger partial charge on any atom is -0.502 e. The van der Waals surface area contributed by atoms with Crippen LogP contribution in [-0.2, 0) is 9.53 Å². The van der Waals surface area contributed by atoms with Gasteiger partial charge in [0.1, 0.15) is 6.61 Å². The number of benzene rings is 2. The number of hydrogen-bond acceptors (Lipinski definition) is 11. The Kier molecular flexibility index (Phi) is 9.52. The number of phenols is 1. The van der Waals surface area contributed by atoms with Crippen LogP contribution in [0.25, 0.3) is 0 Å². The third kappa shape index (κ3) is 7.06. The number of amides is 2. The molecular weight excluding hydrogens is 538 g/mol. The van der Waals surface area contributed by atoms with Crippen LogP contribution < -0.4 is 25.5 Å². The second-order valence-electron chi connectivity index (χ2n) is 8.03. The van der Waals surface area contributed by atoms with E-state index in [1.807, 2.05) is 0 Å². The van der Waals surface area contributed by atoms with Crippen molar-refractivity contribution in [3.05, 3.63) is 67.9 Å². The lowest BCUT2D eigenvalue weighted by Gasteiger charge is -2.28. The quantitative estimate of drug-likeness (QED) is 0.0890. The predicted octanol–water partition coefficient (Wildman–Crippen LogP) is 2.47. The summed E-state index contributed by atoms with van der Waals surface area (Å²) in [6, 6.07) is 5.74. The van der Waals surface area contributed by atoms with Crippen molar-refractivity contribution in [1.82, 2.24) is 16.1 Å². The molecule has 2 amide bonds. The van der Waals surface area contributed by atoms with Gasteiger partial charge in [0, 0.05) is 22.3 Å². The van der Waals surface area contributed by atoms with Crippen molar-refractivity contribution in [3.8, 4) is 17.2 Å². The Hall–Kier alpha value is -4.56. The second kappa shape index (κ2) is 12.8. The van der Waals surface area contributed by atoms with E-state index in [2.05, 4.69) is 21.2 Å². The molecule has 2 aromatic carbocycles. The molecule has 0 aromatic heterocycles. The Labute approximate surface area is 227 Å². The number of urea groups is 1. The highest BCUT2D eigenvalue weighted by Crippen LogP contribution is 2.35. The van der Waals surface area contributed by atoms with Crippen LogP contribution in [0.3, 0.4) is 0 Å². The van der Waals surface area contributed by atoms with Crippen molar-refractivity contribution in [3.63, 3.8) is 0 Å². The van der Waals surface area contributed by atoms with Gasteiger partial charge in [-0.05, 0) is 37.6 Å². The van der Waals surface area contributed by atoms with Crippen molar-refractivity contribution in [1.29, 1.82) is 0 Å². The maximum Gasteiger partial charge on any atom is 0.337 e. The monoisotopic (exact) mass is 563 g/mol. The number of phenolic OH excluding ortho intramolecular Hbond substituents is 1. The molecule has 1 heterocycles. The number of aliphatic hydroxyl groups excluding tert-OH is 1. The average Bonchev–Trinajstić information content (AvgIpc) is 2.88. The molecule has 0 aliphatic carbocycles.